The van der Waals surface area contributed by atoms with Crippen molar-refractivity contribution in [3.63, 3.8) is 0 Å². The summed E-state index contributed by atoms with van der Waals surface area (Å²) in [6.07, 6.45) is 0.0880. The van der Waals surface area contributed by atoms with E-state index < -0.39 is 5.92 Å². The monoisotopic (exact) mass is 282 g/mol. The van der Waals surface area contributed by atoms with Crippen LogP contribution in [-0.2, 0) is 4.79 Å². The lowest BCUT2D eigenvalue weighted by Crippen LogP contribution is -2.17. The molecule has 1 unspecified atom stereocenters. The summed E-state index contributed by atoms with van der Waals surface area (Å²) >= 11 is 0. The van der Waals surface area contributed by atoms with Crippen molar-refractivity contribution in [1.29, 1.82) is 0 Å². The van der Waals surface area contributed by atoms with Gasteiger partial charge in [-0.15, -0.1) is 0 Å². The Bertz CT molecular complexity index is 674. The van der Waals surface area contributed by atoms with Gasteiger partial charge in [-0.3, -0.25) is 9.59 Å². The van der Waals surface area contributed by atoms with E-state index in [4.69, 9.17) is 0 Å². The van der Waals surface area contributed by atoms with Gasteiger partial charge in [-0.05, 0) is 25.5 Å². The van der Waals surface area contributed by atoms with Gasteiger partial charge in [0.1, 0.15) is 11.5 Å². The van der Waals surface area contributed by atoms with Gasteiger partial charge in [0.15, 0.2) is 5.78 Å². The number of hydrogen-bond donors (Lipinski definition) is 1. The van der Waals surface area contributed by atoms with Crippen LogP contribution in [0.2, 0.25) is 0 Å². The van der Waals surface area contributed by atoms with Crippen LogP contribution >= 0.6 is 0 Å². The van der Waals surface area contributed by atoms with Crippen molar-refractivity contribution in [1.82, 2.24) is 0 Å². The molecule has 0 spiro atoms. The molecule has 0 radical (unpaired) electrons. The first-order valence-electron chi connectivity index (χ1n) is 6.88. The van der Waals surface area contributed by atoms with Crippen LogP contribution in [0, 0.1) is 6.92 Å². The highest BCUT2D eigenvalue weighted by atomic mass is 16.3. The fraction of sp³-hybridized carbons (Fsp3) is 0.222. The number of aromatic hydroxyl groups is 1. The molecule has 108 valence electrons. The van der Waals surface area contributed by atoms with E-state index in [2.05, 4.69) is 0 Å². The summed E-state index contributed by atoms with van der Waals surface area (Å²) in [5.74, 6) is -0.814. The van der Waals surface area contributed by atoms with Crippen LogP contribution in [0.15, 0.2) is 48.5 Å². The second kappa shape index (κ2) is 6.35. The number of para-hydroxylation sites is 1. The molecule has 0 saturated heterocycles. The molecule has 21 heavy (non-hydrogen) atoms. The number of phenolic OH excluding ortho intramolecular Hbond substituents is 1. The molecule has 2 aromatic carbocycles. The van der Waals surface area contributed by atoms with Gasteiger partial charge in [0.2, 0.25) is 0 Å². The van der Waals surface area contributed by atoms with E-state index in [0.717, 1.165) is 5.56 Å². The summed E-state index contributed by atoms with van der Waals surface area (Å²) in [6, 6.07) is 14.0. The SMILES string of the molecule is CC(=O)CC(C(=O)c1ccccc1C)c1ccccc1O. The Hall–Kier alpha value is -2.42. The summed E-state index contributed by atoms with van der Waals surface area (Å²) in [5, 5.41) is 10.00. The second-order valence-corrected chi connectivity index (χ2v) is 5.20. The molecule has 2 aromatic rings. The van der Waals surface area contributed by atoms with E-state index in [9.17, 15) is 14.7 Å². The maximum absolute atomic E-state index is 12.8. The number of benzene rings is 2. The zero-order chi connectivity index (χ0) is 15.4. The van der Waals surface area contributed by atoms with Crippen LogP contribution in [0.25, 0.3) is 0 Å². The summed E-state index contributed by atoms with van der Waals surface area (Å²) < 4.78 is 0. The molecule has 0 aromatic heterocycles. The largest absolute Gasteiger partial charge is 0.508 e. The van der Waals surface area contributed by atoms with Gasteiger partial charge in [-0.25, -0.2) is 0 Å². The van der Waals surface area contributed by atoms with Gasteiger partial charge in [0, 0.05) is 17.5 Å². The number of rotatable bonds is 5. The van der Waals surface area contributed by atoms with E-state index in [1.807, 2.05) is 19.1 Å². The summed E-state index contributed by atoms with van der Waals surface area (Å²) in [6.45, 7) is 3.32. The Labute approximate surface area is 124 Å². The van der Waals surface area contributed by atoms with Gasteiger partial charge in [0.05, 0.1) is 5.92 Å². The summed E-state index contributed by atoms with van der Waals surface area (Å²) in [7, 11) is 0. The molecule has 0 aliphatic heterocycles. The minimum absolute atomic E-state index is 0.0469. The van der Waals surface area contributed by atoms with Crippen molar-refractivity contribution in [2.45, 2.75) is 26.2 Å². The summed E-state index contributed by atoms with van der Waals surface area (Å²) in [4.78, 5) is 24.3. The lowest BCUT2D eigenvalue weighted by molar-refractivity contribution is -0.117. The highest BCUT2D eigenvalue weighted by molar-refractivity contribution is 6.04. The van der Waals surface area contributed by atoms with Crippen molar-refractivity contribution in [2.75, 3.05) is 0 Å². The Morgan fingerprint density at radius 2 is 1.67 bits per heavy atom. The van der Waals surface area contributed by atoms with Gasteiger partial charge in [-0.1, -0.05) is 42.5 Å². The smallest absolute Gasteiger partial charge is 0.171 e. The normalized spacial score (nSPS) is 11.9. The number of ketones is 2. The fourth-order valence-corrected chi connectivity index (χ4v) is 2.45. The molecular formula is C18H18O3. The van der Waals surface area contributed by atoms with E-state index in [1.165, 1.54) is 13.0 Å². The van der Waals surface area contributed by atoms with Crippen molar-refractivity contribution < 1.29 is 14.7 Å². The number of phenols is 1. The molecule has 1 N–H and O–H groups in total. The lowest BCUT2D eigenvalue weighted by Gasteiger charge is -2.17. The average molecular weight is 282 g/mol. The molecule has 0 aliphatic rings. The first-order chi connectivity index (χ1) is 10.0. The van der Waals surface area contributed by atoms with Crippen LogP contribution < -0.4 is 0 Å². The van der Waals surface area contributed by atoms with Gasteiger partial charge >= 0.3 is 0 Å². The maximum atomic E-state index is 12.8. The van der Waals surface area contributed by atoms with Crippen molar-refractivity contribution in [3.05, 3.63) is 65.2 Å². The molecule has 3 heteroatoms. The maximum Gasteiger partial charge on any atom is 0.171 e. The Morgan fingerprint density at radius 3 is 2.29 bits per heavy atom. The van der Waals surface area contributed by atoms with E-state index in [-0.39, 0.29) is 23.7 Å². The molecule has 0 fully saturated rings. The van der Waals surface area contributed by atoms with Crippen molar-refractivity contribution in [3.8, 4) is 5.75 Å². The minimum Gasteiger partial charge on any atom is -0.508 e. The zero-order valence-electron chi connectivity index (χ0n) is 12.2. The third-order valence-electron chi connectivity index (χ3n) is 3.53. The van der Waals surface area contributed by atoms with E-state index in [1.54, 1.807) is 30.3 Å². The molecule has 3 nitrogen and oxygen atoms in total. The Morgan fingerprint density at radius 1 is 1.05 bits per heavy atom. The number of aryl methyl sites for hydroxylation is 1. The van der Waals surface area contributed by atoms with E-state index >= 15 is 0 Å². The summed E-state index contributed by atoms with van der Waals surface area (Å²) in [5.41, 5.74) is 1.96. The number of hydrogen-bond acceptors (Lipinski definition) is 3. The molecule has 2 rings (SSSR count). The van der Waals surface area contributed by atoms with Gasteiger partial charge in [-0.2, -0.15) is 0 Å². The quantitative estimate of drug-likeness (QED) is 0.852. The van der Waals surface area contributed by atoms with Crippen molar-refractivity contribution >= 4 is 11.6 Å². The number of Topliss-reactive ketones (excluding diaryl/α,β-unsaturated/α-hetero) is 2. The molecule has 1 atom stereocenters. The predicted molar refractivity (Wildman–Crippen MR) is 81.7 cm³/mol. The van der Waals surface area contributed by atoms with E-state index in [0.29, 0.717) is 11.1 Å². The molecule has 0 heterocycles. The van der Waals surface area contributed by atoms with Crippen LogP contribution in [0.4, 0.5) is 0 Å². The van der Waals surface area contributed by atoms with Crippen LogP contribution in [0.3, 0.4) is 0 Å². The third-order valence-corrected chi connectivity index (χ3v) is 3.53. The van der Waals surface area contributed by atoms with Crippen LogP contribution in [0.1, 0.15) is 40.7 Å². The van der Waals surface area contributed by atoms with Crippen LogP contribution in [0.5, 0.6) is 5.75 Å². The number of carbonyl (C=O) groups excluding carboxylic acids is 2. The topological polar surface area (TPSA) is 54.4 Å². The molecular weight excluding hydrogens is 264 g/mol. The molecule has 0 saturated carbocycles. The fourth-order valence-electron chi connectivity index (χ4n) is 2.45. The lowest BCUT2D eigenvalue weighted by atomic mass is 9.85. The Balaban J connectivity index is 2.46. The first kappa shape index (κ1) is 15.0. The average Bonchev–Trinajstić information content (AvgIpc) is 2.45. The first-order valence-corrected chi connectivity index (χ1v) is 6.88. The predicted octanol–water partition coefficient (Wildman–Crippen LogP) is 3.65. The highest BCUT2D eigenvalue weighted by Crippen LogP contribution is 2.31. The number of carbonyl (C=O) groups is 2. The highest BCUT2D eigenvalue weighted by Gasteiger charge is 2.26. The molecule has 0 bridgehead atoms. The second-order valence-electron chi connectivity index (χ2n) is 5.20. The zero-order valence-corrected chi connectivity index (χ0v) is 12.2. The minimum atomic E-state index is -0.648. The Kier molecular flexibility index (Phi) is 4.53. The third kappa shape index (κ3) is 3.37. The standard InChI is InChI=1S/C18H18O3/c1-12-7-3-4-8-14(12)18(21)16(11-13(2)19)15-9-5-6-10-17(15)20/h3-10,16,20H,11H2,1-2H3. The van der Waals surface area contributed by atoms with Gasteiger partial charge in [0.25, 0.3) is 0 Å². The van der Waals surface area contributed by atoms with Crippen LogP contribution in [-0.4, -0.2) is 16.7 Å². The molecule has 0 aliphatic carbocycles. The van der Waals surface area contributed by atoms with Gasteiger partial charge < -0.3 is 5.11 Å². The molecule has 0 amide bonds. The van der Waals surface area contributed by atoms with Crippen molar-refractivity contribution in [2.24, 2.45) is 0 Å².